The average molecular weight is 408 g/mol. The van der Waals surface area contributed by atoms with Crippen molar-refractivity contribution in [1.29, 1.82) is 0 Å². The summed E-state index contributed by atoms with van der Waals surface area (Å²) in [5, 5.41) is 10.6. The molecule has 0 aliphatic rings. The third kappa shape index (κ3) is 8.01. The summed E-state index contributed by atoms with van der Waals surface area (Å²) in [4.78, 5) is 35.1. The maximum atomic E-state index is 12.7. The van der Waals surface area contributed by atoms with E-state index in [1.807, 2.05) is 0 Å². The van der Waals surface area contributed by atoms with Gasteiger partial charge in [0, 0.05) is 12.2 Å². The summed E-state index contributed by atoms with van der Waals surface area (Å²) >= 11 is 0. The number of imidazole rings is 1. The molecule has 0 bridgehead atoms. The largest absolute Gasteiger partial charge is 0.493 e. The van der Waals surface area contributed by atoms with Crippen LogP contribution < -0.4 is 5.69 Å². The topological polar surface area (TPSA) is 99.8 Å². The molecule has 0 saturated heterocycles. The number of unbranched alkanes of at least 4 members (excludes halogenated alkanes) is 5. The Kier molecular flexibility index (Phi) is 11.2. The fourth-order valence-corrected chi connectivity index (χ4v) is 2.97. The van der Waals surface area contributed by atoms with E-state index in [-0.39, 0.29) is 32.2 Å². The zero-order chi connectivity index (χ0) is 21.6. The Morgan fingerprint density at radius 2 is 1.45 bits per heavy atom. The summed E-state index contributed by atoms with van der Waals surface area (Å²) in [6.07, 6.45) is 9.09. The molecule has 29 heavy (non-hydrogen) atoms. The number of aromatic hydroxyl groups is 1. The first kappa shape index (κ1) is 24.3. The van der Waals surface area contributed by atoms with E-state index in [1.54, 1.807) is 0 Å². The van der Waals surface area contributed by atoms with Crippen LogP contribution in [0.25, 0.3) is 0 Å². The molecule has 0 radical (unpaired) electrons. The minimum Gasteiger partial charge on any atom is -0.493 e. The molecular weight excluding hydrogens is 376 g/mol. The highest BCUT2D eigenvalue weighted by Gasteiger charge is 2.19. The van der Waals surface area contributed by atoms with E-state index in [4.69, 9.17) is 9.47 Å². The van der Waals surface area contributed by atoms with Crippen molar-refractivity contribution in [3.63, 3.8) is 0 Å². The first-order valence-electron chi connectivity index (χ1n) is 10.1. The third-order valence-electron chi connectivity index (χ3n) is 4.52. The number of ether oxygens (including phenoxy) is 2. The highest BCUT2D eigenvalue weighted by Crippen LogP contribution is 2.19. The molecule has 0 atom stereocenters. The second-order valence-electron chi connectivity index (χ2n) is 6.62. The van der Waals surface area contributed by atoms with Crippen LogP contribution in [0.15, 0.2) is 30.1 Å². The van der Waals surface area contributed by atoms with Crippen molar-refractivity contribution in [2.24, 2.45) is 0 Å². The van der Waals surface area contributed by atoms with Crippen molar-refractivity contribution < 1.29 is 24.2 Å². The van der Waals surface area contributed by atoms with Crippen molar-refractivity contribution in [3.05, 3.63) is 41.5 Å². The minimum absolute atomic E-state index is 0.0108. The number of carbonyl (C=O) groups is 2. The molecule has 0 fully saturated rings. The van der Waals surface area contributed by atoms with Gasteiger partial charge in [-0.05, 0) is 12.8 Å². The van der Waals surface area contributed by atoms with Crippen LogP contribution in [0.1, 0.15) is 51.1 Å². The summed E-state index contributed by atoms with van der Waals surface area (Å²) in [5.74, 6) is -1.32. The molecule has 8 nitrogen and oxygen atoms in total. The average Bonchev–Trinajstić information content (AvgIpc) is 2.94. The SMILES string of the molecule is C=CC(=O)OCCn1c(O)c(CCCCCCCC)n(CCOC(=O)C=C)c1=O. The van der Waals surface area contributed by atoms with Gasteiger partial charge in [0.15, 0.2) is 0 Å². The Hall–Kier alpha value is -2.77. The smallest absolute Gasteiger partial charge is 0.331 e. The second-order valence-corrected chi connectivity index (χ2v) is 6.62. The van der Waals surface area contributed by atoms with Crippen molar-refractivity contribution in [3.8, 4) is 5.88 Å². The van der Waals surface area contributed by atoms with Gasteiger partial charge in [0.25, 0.3) is 0 Å². The zero-order valence-electron chi connectivity index (χ0n) is 17.2. The van der Waals surface area contributed by atoms with Crippen LogP contribution in [0.5, 0.6) is 5.88 Å². The second kappa shape index (κ2) is 13.4. The van der Waals surface area contributed by atoms with Gasteiger partial charge in [0.2, 0.25) is 5.88 Å². The molecule has 0 amide bonds. The van der Waals surface area contributed by atoms with E-state index in [0.717, 1.165) is 36.0 Å². The fourth-order valence-electron chi connectivity index (χ4n) is 2.97. The fraction of sp³-hybridized carbons (Fsp3) is 0.571. The van der Waals surface area contributed by atoms with Gasteiger partial charge >= 0.3 is 17.6 Å². The maximum Gasteiger partial charge on any atom is 0.331 e. The monoisotopic (exact) mass is 408 g/mol. The molecule has 0 aliphatic heterocycles. The molecule has 1 aromatic rings. The van der Waals surface area contributed by atoms with E-state index < -0.39 is 17.6 Å². The minimum atomic E-state index is -0.597. The number of carbonyl (C=O) groups excluding carboxylic acids is 2. The van der Waals surface area contributed by atoms with Crippen LogP contribution in [0.3, 0.4) is 0 Å². The molecule has 162 valence electrons. The molecular formula is C21H32N2O6. The lowest BCUT2D eigenvalue weighted by molar-refractivity contribution is -0.138. The van der Waals surface area contributed by atoms with Crippen molar-refractivity contribution in [2.45, 2.75) is 65.0 Å². The predicted octanol–water partition coefficient (Wildman–Crippen LogP) is 2.72. The lowest BCUT2D eigenvalue weighted by Crippen LogP contribution is -2.28. The van der Waals surface area contributed by atoms with Gasteiger partial charge in [-0.2, -0.15) is 0 Å². The number of aromatic nitrogens is 2. The number of rotatable bonds is 15. The van der Waals surface area contributed by atoms with Crippen LogP contribution in [0.4, 0.5) is 0 Å². The van der Waals surface area contributed by atoms with Crippen LogP contribution in [0, 0.1) is 0 Å². The Bertz CT molecular complexity index is 747. The van der Waals surface area contributed by atoms with Gasteiger partial charge < -0.3 is 14.6 Å². The Morgan fingerprint density at radius 1 is 0.931 bits per heavy atom. The molecule has 1 aromatic heterocycles. The van der Waals surface area contributed by atoms with Crippen LogP contribution in [0.2, 0.25) is 0 Å². The number of esters is 2. The molecule has 1 heterocycles. The summed E-state index contributed by atoms with van der Waals surface area (Å²) in [5.41, 5.74) is 0.0583. The van der Waals surface area contributed by atoms with Gasteiger partial charge in [-0.15, -0.1) is 0 Å². The van der Waals surface area contributed by atoms with E-state index in [9.17, 15) is 19.5 Å². The molecule has 0 spiro atoms. The van der Waals surface area contributed by atoms with Crippen molar-refractivity contribution in [1.82, 2.24) is 9.13 Å². The molecule has 0 aromatic carbocycles. The van der Waals surface area contributed by atoms with Crippen LogP contribution in [-0.4, -0.2) is 39.4 Å². The quantitative estimate of drug-likeness (QED) is 0.272. The summed E-state index contributed by atoms with van der Waals surface area (Å²) in [6.45, 7) is 8.86. The molecule has 1 rings (SSSR count). The summed E-state index contributed by atoms with van der Waals surface area (Å²) in [7, 11) is 0. The van der Waals surface area contributed by atoms with Gasteiger partial charge in [0.1, 0.15) is 13.2 Å². The summed E-state index contributed by atoms with van der Waals surface area (Å²) in [6, 6.07) is 0. The van der Waals surface area contributed by atoms with Crippen molar-refractivity contribution >= 4 is 11.9 Å². The lowest BCUT2D eigenvalue weighted by atomic mass is 10.1. The van der Waals surface area contributed by atoms with Crippen LogP contribution >= 0.6 is 0 Å². The highest BCUT2D eigenvalue weighted by atomic mass is 16.5. The molecule has 0 aliphatic carbocycles. The van der Waals surface area contributed by atoms with Crippen molar-refractivity contribution in [2.75, 3.05) is 13.2 Å². The Labute approximate surface area is 171 Å². The van der Waals surface area contributed by atoms with E-state index in [0.29, 0.717) is 12.1 Å². The number of hydrogen-bond acceptors (Lipinski definition) is 6. The molecule has 0 saturated carbocycles. The van der Waals surface area contributed by atoms with E-state index in [1.165, 1.54) is 23.8 Å². The van der Waals surface area contributed by atoms with Gasteiger partial charge in [-0.25, -0.2) is 14.4 Å². The third-order valence-corrected chi connectivity index (χ3v) is 4.52. The van der Waals surface area contributed by atoms with E-state index in [2.05, 4.69) is 20.1 Å². The predicted molar refractivity (Wildman–Crippen MR) is 110 cm³/mol. The number of hydrogen-bond donors (Lipinski definition) is 1. The van der Waals surface area contributed by atoms with Gasteiger partial charge in [-0.3, -0.25) is 9.13 Å². The van der Waals surface area contributed by atoms with Gasteiger partial charge in [0.05, 0.1) is 18.8 Å². The highest BCUT2D eigenvalue weighted by molar-refractivity contribution is 5.81. The Morgan fingerprint density at radius 3 is 2.00 bits per heavy atom. The van der Waals surface area contributed by atoms with E-state index >= 15 is 0 Å². The zero-order valence-corrected chi connectivity index (χ0v) is 17.2. The molecule has 0 unspecified atom stereocenters. The normalized spacial score (nSPS) is 10.5. The van der Waals surface area contributed by atoms with Crippen LogP contribution in [-0.2, 0) is 38.6 Å². The Balaban J connectivity index is 2.86. The standard InChI is InChI=1S/C21H32N2O6/c1-4-7-8-9-10-11-12-17-20(26)23(14-16-29-19(25)6-3)21(27)22(17)13-15-28-18(24)5-2/h5-6,26H,2-4,7-16H2,1H3. The molecule has 8 heteroatoms. The summed E-state index contributed by atoms with van der Waals surface area (Å²) < 4.78 is 12.4. The first-order chi connectivity index (χ1) is 14.0. The maximum absolute atomic E-state index is 12.7. The first-order valence-corrected chi connectivity index (χ1v) is 10.1. The lowest BCUT2D eigenvalue weighted by Gasteiger charge is -2.08. The van der Waals surface area contributed by atoms with Gasteiger partial charge in [-0.1, -0.05) is 52.2 Å². The molecule has 1 N–H and O–H groups in total. The number of nitrogens with zero attached hydrogens (tertiary/aromatic N) is 2.